The molecule has 0 radical (unpaired) electrons. The number of rotatable bonds is 16. The molecule has 0 saturated heterocycles. The molecule has 0 spiro atoms. The Morgan fingerprint density at radius 1 is 0.518 bits per heavy atom. The van der Waals surface area contributed by atoms with Gasteiger partial charge in [-0.1, -0.05) is 129 Å². The van der Waals surface area contributed by atoms with E-state index in [9.17, 15) is 20.2 Å². The van der Waals surface area contributed by atoms with Gasteiger partial charge in [0.05, 0.1) is 20.9 Å². The first kappa shape index (κ1) is 38.8. The molecule has 7 rings (SSSR count). The number of aryl methyl sites for hydroxylation is 2. The van der Waals surface area contributed by atoms with Gasteiger partial charge in [-0.3, -0.25) is 20.2 Å². The Morgan fingerprint density at radius 3 is 1.21 bits per heavy atom. The van der Waals surface area contributed by atoms with Crippen molar-refractivity contribution in [2.24, 2.45) is 0 Å². The highest BCUT2D eigenvalue weighted by atomic mass is 16.6. The second-order valence-corrected chi connectivity index (χ2v) is 16.1. The summed E-state index contributed by atoms with van der Waals surface area (Å²) in [6.07, 6.45) is 8.52. The first-order valence-electron chi connectivity index (χ1n) is 20.6. The molecule has 290 valence electrons. The van der Waals surface area contributed by atoms with Crippen LogP contribution in [0.5, 0.6) is 0 Å². The fourth-order valence-corrected chi connectivity index (χ4v) is 8.66. The van der Waals surface area contributed by atoms with Gasteiger partial charge in [0, 0.05) is 81.1 Å². The highest BCUT2D eigenvalue weighted by molar-refractivity contribution is 6.32. The van der Waals surface area contributed by atoms with E-state index in [1.54, 1.807) is 24.3 Å². The second-order valence-electron chi connectivity index (χ2n) is 16.1. The van der Waals surface area contributed by atoms with Gasteiger partial charge in [-0.05, 0) is 59.1 Å². The van der Waals surface area contributed by atoms with Crippen LogP contribution in [0.15, 0.2) is 84.9 Å². The van der Waals surface area contributed by atoms with Crippen molar-refractivity contribution in [2.45, 2.75) is 118 Å². The minimum absolute atomic E-state index is 0.0577. The number of fused-ring (bicyclic) bond motifs is 6. The van der Waals surface area contributed by atoms with Crippen LogP contribution in [-0.2, 0) is 13.1 Å². The van der Waals surface area contributed by atoms with E-state index in [1.165, 1.54) is 11.1 Å². The zero-order chi connectivity index (χ0) is 39.7. The lowest BCUT2D eigenvalue weighted by Crippen LogP contribution is -2.02. The van der Waals surface area contributed by atoms with Gasteiger partial charge in [0.2, 0.25) is 0 Å². The average molecular weight is 751 g/mol. The van der Waals surface area contributed by atoms with Gasteiger partial charge < -0.3 is 9.13 Å². The SMILES string of the molecule is CCCCCCn1c2ccc([N+](=O)[O-])cc2c2c(-c3ccc(C(C)C)cc3)c3c(c(-c4ccc(C(C)C)cc4)c21)c1cc([N+](=O)[O-])ccc1n3CCCCCC. The topological polar surface area (TPSA) is 96.1 Å². The Balaban J connectivity index is 1.76. The van der Waals surface area contributed by atoms with E-state index >= 15 is 0 Å². The number of nitro groups is 2. The number of benzene rings is 5. The third-order valence-corrected chi connectivity index (χ3v) is 11.7. The average Bonchev–Trinajstić information content (AvgIpc) is 3.69. The maximum atomic E-state index is 12.4. The smallest absolute Gasteiger partial charge is 0.270 e. The maximum Gasteiger partial charge on any atom is 0.270 e. The van der Waals surface area contributed by atoms with Crippen LogP contribution in [-0.4, -0.2) is 19.0 Å². The molecule has 5 aromatic carbocycles. The van der Waals surface area contributed by atoms with E-state index < -0.39 is 0 Å². The molecule has 0 aliphatic carbocycles. The summed E-state index contributed by atoms with van der Waals surface area (Å²) in [5.41, 5.74) is 10.6. The minimum Gasteiger partial charge on any atom is -0.340 e. The molecule has 2 heterocycles. The zero-order valence-corrected chi connectivity index (χ0v) is 33.7. The van der Waals surface area contributed by atoms with Crippen LogP contribution in [0.4, 0.5) is 11.4 Å². The quantitative estimate of drug-likeness (QED) is 0.0558. The monoisotopic (exact) mass is 750 g/mol. The molecule has 0 N–H and O–H groups in total. The van der Waals surface area contributed by atoms with Crippen molar-refractivity contribution in [3.63, 3.8) is 0 Å². The fraction of sp³-hybridized carbons (Fsp3) is 0.375. The minimum atomic E-state index is -0.297. The Hall–Kier alpha value is -5.50. The van der Waals surface area contributed by atoms with Crippen molar-refractivity contribution < 1.29 is 9.85 Å². The number of hydrogen-bond donors (Lipinski definition) is 0. The van der Waals surface area contributed by atoms with Crippen LogP contribution in [0.2, 0.25) is 0 Å². The maximum absolute atomic E-state index is 12.4. The van der Waals surface area contributed by atoms with Crippen LogP contribution in [0.1, 0.15) is 116 Å². The molecule has 2 aromatic heterocycles. The summed E-state index contributed by atoms with van der Waals surface area (Å²) < 4.78 is 4.78. The molecule has 0 fully saturated rings. The molecular formula is C48H54N4O4. The third kappa shape index (κ3) is 7.06. The number of unbranched alkanes of at least 4 members (excludes halogenated alkanes) is 6. The first-order valence-corrected chi connectivity index (χ1v) is 20.6. The van der Waals surface area contributed by atoms with Crippen LogP contribution >= 0.6 is 0 Å². The molecule has 8 heteroatoms. The van der Waals surface area contributed by atoms with E-state index in [0.717, 1.165) is 130 Å². The van der Waals surface area contributed by atoms with Gasteiger partial charge in [0.1, 0.15) is 0 Å². The predicted octanol–water partition coefficient (Wildman–Crippen LogP) is 14.5. The Kier molecular flexibility index (Phi) is 11.3. The Morgan fingerprint density at radius 2 is 0.893 bits per heavy atom. The van der Waals surface area contributed by atoms with Crippen molar-refractivity contribution in [3.8, 4) is 22.3 Å². The second kappa shape index (κ2) is 16.3. The number of nitrogens with zero attached hydrogens (tertiary/aromatic N) is 4. The van der Waals surface area contributed by atoms with Crippen molar-refractivity contribution in [3.05, 3.63) is 116 Å². The van der Waals surface area contributed by atoms with E-state index in [0.29, 0.717) is 11.8 Å². The molecule has 0 aliphatic rings. The Bertz CT molecular complexity index is 2380. The van der Waals surface area contributed by atoms with E-state index in [1.807, 2.05) is 12.1 Å². The van der Waals surface area contributed by atoms with Crippen LogP contribution in [0.3, 0.4) is 0 Å². The number of non-ortho nitro benzene ring substituents is 2. The van der Waals surface area contributed by atoms with Gasteiger partial charge in [0.25, 0.3) is 11.4 Å². The molecule has 8 nitrogen and oxygen atoms in total. The summed E-state index contributed by atoms with van der Waals surface area (Å²) in [6.45, 7) is 14.7. The summed E-state index contributed by atoms with van der Waals surface area (Å²) in [5, 5.41) is 28.6. The van der Waals surface area contributed by atoms with Crippen LogP contribution in [0.25, 0.3) is 65.9 Å². The van der Waals surface area contributed by atoms with Crippen molar-refractivity contribution in [1.29, 1.82) is 0 Å². The summed E-state index contributed by atoms with van der Waals surface area (Å²) in [4.78, 5) is 24.3. The predicted molar refractivity (Wildman–Crippen MR) is 233 cm³/mol. The lowest BCUT2D eigenvalue weighted by atomic mass is 9.88. The zero-order valence-electron chi connectivity index (χ0n) is 33.7. The standard InChI is InChI=1S/C48H54N4O4/c1-7-9-11-13-27-49-41-25-23-37(51(53)54)29-39(41)45-44(36-21-17-34(18-22-36)32(5)6)48-46(43(47(45)49)35-19-15-33(16-20-35)31(3)4)40-30-38(52(55)56)24-26-42(40)50(48)28-14-12-10-8-2/h15-26,29-32H,7-14,27-28H2,1-6H3. The Labute approximate surface area is 329 Å². The summed E-state index contributed by atoms with van der Waals surface area (Å²) in [5.74, 6) is 0.692. The van der Waals surface area contributed by atoms with Gasteiger partial charge >= 0.3 is 0 Å². The summed E-state index contributed by atoms with van der Waals surface area (Å²) in [6, 6.07) is 28.2. The number of nitro benzene ring substituents is 2. The number of aromatic nitrogens is 2. The summed E-state index contributed by atoms with van der Waals surface area (Å²) >= 11 is 0. The normalized spacial score (nSPS) is 12.0. The van der Waals surface area contributed by atoms with Crippen molar-refractivity contribution in [1.82, 2.24) is 9.13 Å². The van der Waals surface area contributed by atoms with Gasteiger partial charge in [-0.2, -0.15) is 0 Å². The molecule has 0 amide bonds. The van der Waals surface area contributed by atoms with Crippen molar-refractivity contribution >= 4 is 55.0 Å². The molecule has 56 heavy (non-hydrogen) atoms. The van der Waals surface area contributed by atoms with Gasteiger partial charge in [-0.15, -0.1) is 0 Å². The first-order chi connectivity index (χ1) is 27.0. The van der Waals surface area contributed by atoms with Gasteiger partial charge in [-0.25, -0.2) is 0 Å². The van der Waals surface area contributed by atoms with Gasteiger partial charge in [0.15, 0.2) is 0 Å². The molecular weight excluding hydrogens is 697 g/mol. The van der Waals surface area contributed by atoms with Crippen molar-refractivity contribution in [2.75, 3.05) is 0 Å². The third-order valence-electron chi connectivity index (χ3n) is 11.7. The molecule has 0 atom stereocenters. The lowest BCUT2D eigenvalue weighted by molar-refractivity contribution is -0.384. The highest BCUT2D eigenvalue weighted by Crippen LogP contribution is 2.51. The fourth-order valence-electron chi connectivity index (χ4n) is 8.66. The number of hydrogen-bond acceptors (Lipinski definition) is 4. The molecule has 0 saturated carbocycles. The summed E-state index contributed by atoms with van der Waals surface area (Å²) in [7, 11) is 0. The largest absolute Gasteiger partial charge is 0.340 e. The van der Waals surface area contributed by atoms with Crippen LogP contribution < -0.4 is 0 Å². The van der Waals surface area contributed by atoms with E-state index in [-0.39, 0.29) is 21.2 Å². The highest BCUT2D eigenvalue weighted by Gasteiger charge is 2.29. The molecule has 0 bridgehead atoms. The molecule has 7 aromatic rings. The molecule has 0 unspecified atom stereocenters. The molecule has 0 aliphatic heterocycles. The van der Waals surface area contributed by atoms with E-state index in [2.05, 4.69) is 99.2 Å². The lowest BCUT2D eigenvalue weighted by Gasteiger charge is -2.19. The van der Waals surface area contributed by atoms with Crippen LogP contribution in [0, 0.1) is 20.2 Å². The van der Waals surface area contributed by atoms with E-state index in [4.69, 9.17) is 0 Å².